The van der Waals surface area contributed by atoms with Gasteiger partial charge in [0.1, 0.15) is 0 Å². The predicted molar refractivity (Wildman–Crippen MR) is 103 cm³/mol. The molecule has 0 saturated heterocycles. The molecular weight excluding hydrogens is 334 g/mol. The molecule has 0 fully saturated rings. The molecule has 25 heavy (non-hydrogen) atoms. The van der Waals surface area contributed by atoms with Crippen molar-refractivity contribution in [3.05, 3.63) is 53.6 Å². The summed E-state index contributed by atoms with van der Waals surface area (Å²) in [6.07, 6.45) is 1.05. The molecule has 0 spiro atoms. The second kappa shape index (κ2) is 8.30. The van der Waals surface area contributed by atoms with Crippen molar-refractivity contribution >= 4 is 23.4 Å². The van der Waals surface area contributed by atoms with Crippen molar-refractivity contribution < 1.29 is 14.3 Å². The van der Waals surface area contributed by atoms with Gasteiger partial charge in [0, 0.05) is 11.4 Å². The summed E-state index contributed by atoms with van der Waals surface area (Å²) in [6.45, 7) is 4.62. The number of para-hydroxylation sites is 1. The van der Waals surface area contributed by atoms with Gasteiger partial charge < -0.3 is 14.8 Å². The maximum Gasteiger partial charge on any atom is 0.234 e. The van der Waals surface area contributed by atoms with Crippen molar-refractivity contribution in [2.24, 2.45) is 0 Å². The molecule has 3 rings (SSSR count). The number of hydrogen-bond acceptors (Lipinski definition) is 4. The maximum atomic E-state index is 12.3. The predicted octanol–water partition coefficient (Wildman–Crippen LogP) is 4.80. The van der Waals surface area contributed by atoms with Crippen molar-refractivity contribution in [2.75, 3.05) is 17.9 Å². The summed E-state index contributed by atoms with van der Waals surface area (Å²) in [6, 6.07) is 13.9. The molecule has 0 saturated carbocycles. The molecule has 0 aliphatic carbocycles. The minimum atomic E-state index is 0.0292. The largest absolute Gasteiger partial charge is 0.454 e. The first-order chi connectivity index (χ1) is 12.2. The summed E-state index contributed by atoms with van der Waals surface area (Å²) < 4.78 is 10.7. The van der Waals surface area contributed by atoms with E-state index in [1.165, 1.54) is 5.56 Å². The first-order valence-electron chi connectivity index (χ1n) is 8.52. The zero-order valence-corrected chi connectivity index (χ0v) is 15.4. The molecule has 132 valence electrons. The number of fused-ring (bicyclic) bond motifs is 1. The number of carbonyl (C=O) groups is 1. The highest BCUT2D eigenvalue weighted by molar-refractivity contribution is 7.99. The molecule has 1 aliphatic heterocycles. The molecule has 1 amide bonds. The zero-order chi connectivity index (χ0) is 17.6. The van der Waals surface area contributed by atoms with Crippen LogP contribution in [0.15, 0.2) is 42.5 Å². The van der Waals surface area contributed by atoms with Gasteiger partial charge in [-0.05, 0) is 41.7 Å². The zero-order valence-electron chi connectivity index (χ0n) is 14.6. The topological polar surface area (TPSA) is 47.6 Å². The van der Waals surface area contributed by atoms with Crippen LogP contribution in [0.1, 0.15) is 37.3 Å². The van der Waals surface area contributed by atoms with Gasteiger partial charge in [0.05, 0.1) is 5.75 Å². The van der Waals surface area contributed by atoms with E-state index in [9.17, 15) is 4.79 Å². The molecule has 2 aromatic rings. The Bertz CT molecular complexity index is 747. The normalized spacial score (nSPS) is 13.5. The van der Waals surface area contributed by atoms with E-state index in [1.54, 1.807) is 11.8 Å². The molecule has 1 aliphatic rings. The fourth-order valence-corrected chi connectivity index (χ4v) is 3.51. The van der Waals surface area contributed by atoms with Crippen LogP contribution in [0, 0.1) is 0 Å². The van der Waals surface area contributed by atoms with Gasteiger partial charge in [-0.1, -0.05) is 38.1 Å². The Morgan fingerprint density at radius 2 is 2.00 bits per heavy atom. The summed E-state index contributed by atoms with van der Waals surface area (Å²) in [5.41, 5.74) is 3.24. The van der Waals surface area contributed by atoms with Gasteiger partial charge in [-0.3, -0.25) is 4.79 Å². The molecule has 0 unspecified atom stereocenters. The number of ether oxygens (including phenoxy) is 2. The highest BCUT2D eigenvalue weighted by Gasteiger charge is 2.14. The fraction of sp³-hybridized carbons (Fsp3) is 0.350. The average molecular weight is 357 g/mol. The van der Waals surface area contributed by atoms with Crippen LogP contribution in [0.2, 0.25) is 0 Å². The van der Waals surface area contributed by atoms with Gasteiger partial charge in [0.15, 0.2) is 11.5 Å². The molecule has 0 aromatic heterocycles. The van der Waals surface area contributed by atoms with Crippen LogP contribution in [0.25, 0.3) is 0 Å². The van der Waals surface area contributed by atoms with Gasteiger partial charge in [0.2, 0.25) is 12.7 Å². The van der Waals surface area contributed by atoms with Gasteiger partial charge in [-0.15, -0.1) is 11.8 Å². The number of carbonyl (C=O) groups excluding carboxylic acids is 1. The molecule has 1 N–H and O–H groups in total. The van der Waals surface area contributed by atoms with Crippen molar-refractivity contribution in [2.45, 2.75) is 31.9 Å². The fourth-order valence-electron chi connectivity index (χ4n) is 2.74. The van der Waals surface area contributed by atoms with Crippen molar-refractivity contribution in [1.82, 2.24) is 0 Å². The van der Waals surface area contributed by atoms with E-state index in [0.717, 1.165) is 34.9 Å². The number of nitrogens with one attached hydrogen (secondary N) is 1. The van der Waals surface area contributed by atoms with Crippen molar-refractivity contribution in [3.8, 4) is 11.5 Å². The van der Waals surface area contributed by atoms with Crippen LogP contribution in [0.4, 0.5) is 5.69 Å². The number of benzene rings is 2. The van der Waals surface area contributed by atoms with Crippen molar-refractivity contribution in [1.29, 1.82) is 0 Å². The lowest BCUT2D eigenvalue weighted by atomic mass is 9.97. The lowest BCUT2D eigenvalue weighted by molar-refractivity contribution is -0.113. The van der Waals surface area contributed by atoms with E-state index < -0.39 is 0 Å². The molecule has 0 bridgehead atoms. The molecule has 4 nitrogen and oxygen atoms in total. The minimum absolute atomic E-state index is 0.0292. The van der Waals surface area contributed by atoms with E-state index in [-0.39, 0.29) is 12.7 Å². The first-order valence-corrected chi connectivity index (χ1v) is 9.68. The van der Waals surface area contributed by atoms with E-state index in [2.05, 4.69) is 25.2 Å². The quantitative estimate of drug-likeness (QED) is 0.773. The van der Waals surface area contributed by atoms with E-state index in [0.29, 0.717) is 11.7 Å². The second-order valence-corrected chi connectivity index (χ2v) is 7.11. The standard InChI is InChI=1S/C20H23NO3S/c1-3-14(2)16-6-4-5-7-17(16)21-20(22)12-25-11-15-8-9-18-19(10-15)24-13-23-18/h4-10,14H,3,11-13H2,1-2H3,(H,21,22)/t14-/m0/s1. The third-order valence-corrected chi connectivity index (χ3v) is 5.32. The molecule has 0 radical (unpaired) electrons. The van der Waals surface area contributed by atoms with Crippen LogP contribution < -0.4 is 14.8 Å². The Labute approximate surface area is 152 Å². The van der Waals surface area contributed by atoms with Crippen LogP contribution in [0.3, 0.4) is 0 Å². The van der Waals surface area contributed by atoms with E-state index in [1.807, 2.05) is 36.4 Å². The van der Waals surface area contributed by atoms with Gasteiger partial charge in [-0.25, -0.2) is 0 Å². The Balaban J connectivity index is 1.52. The summed E-state index contributed by atoms with van der Waals surface area (Å²) in [4.78, 5) is 12.3. The SMILES string of the molecule is CC[C@H](C)c1ccccc1NC(=O)CSCc1ccc2c(c1)OCO2. The van der Waals surface area contributed by atoms with Crippen LogP contribution in [-0.2, 0) is 10.5 Å². The van der Waals surface area contributed by atoms with Gasteiger partial charge in [-0.2, -0.15) is 0 Å². The minimum Gasteiger partial charge on any atom is -0.454 e. The summed E-state index contributed by atoms with van der Waals surface area (Å²) in [7, 11) is 0. The molecular formula is C20H23NO3S. The third kappa shape index (κ3) is 4.48. The smallest absolute Gasteiger partial charge is 0.234 e. The average Bonchev–Trinajstić information content (AvgIpc) is 3.09. The Hall–Kier alpha value is -2.14. The lowest BCUT2D eigenvalue weighted by Crippen LogP contribution is -2.16. The van der Waals surface area contributed by atoms with E-state index in [4.69, 9.17) is 9.47 Å². The Morgan fingerprint density at radius 3 is 2.84 bits per heavy atom. The van der Waals surface area contributed by atoms with Crippen LogP contribution >= 0.6 is 11.8 Å². The Morgan fingerprint density at radius 1 is 1.20 bits per heavy atom. The van der Waals surface area contributed by atoms with Gasteiger partial charge >= 0.3 is 0 Å². The van der Waals surface area contributed by atoms with Crippen molar-refractivity contribution in [3.63, 3.8) is 0 Å². The molecule has 1 heterocycles. The third-order valence-electron chi connectivity index (χ3n) is 4.32. The van der Waals surface area contributed by atoms with E-state index >= 15 is 0 Å². The number of hydrogen-bond donors (Lipinski definition) is 1. The highest BCUT2D eigenvalue weighted by atomic mass is 32.2. The molecule has 1 atom stereocenters. The molecule has 2 aromatic carbocycles. The summed E-state index contributed by atoms with van der Waals surface area (Å²) in [5.74, 6) is 3.21. The number of thioether (sulfide) groups is 1. The highest BCUT2D eigenvalue weighted by Crippen LogP contribution is 2.33. The lowest BCUT2D eigenvalue weighted by Gasteiger charge is -2.15. The monoisotopic (exact) mass is 357 g/mol. The first kappa shape index (κ1) is 17.7. The maximum absolute atomic E-state index is 12.3. The Kier molecular flexibility index (Phi) is 5.87. The second-order valence-electron chi connectivity index (χ2n) is 6.13. The number of rotatable bonds is 7. The van der Waals surface area contributed by atoms with Crippen LogP contribution in [-0.4, -0.2) is 18.5 Å². The summed E-state index contributed by atoms with van der Waals surface area (Å²) >= 11 is 1.59. The number of amides is 1. The van der Waals surface area contributed by atoms with Crippen LogP contribution in [0.5, 0.6) is 11.5 Å². The molecule has 5 heteroatoms. The van der Waals surface area contributed by atoms with Gasteiger partial charge in [0.25, 0.3) is 0 Å². The number of anilines is 1. The summed E-state index contributed by atoms with van der Waals surface area (Å²) in [5, 5.41) is 3.05.